The van der Waals surface area contributed by atoms with E-state index >= 15 is 0 Å². The number of nitrogens with zero attached hydrogens (tertiary/aromatic N) is 1. The molecule has 0 heterocycles. The molecule has 4 heteroatoms. The molecule has 0 spiro atoms. The summed E-state index contributed by atoms with van der Waals surface area (Å²) in [6.45, 7) is 1.17. The number of hydrogen-bond acceptors (Lipinski definition) is 3. The van der Waals surface area contributed by atoms with Crippen LogP contribution in [0.5, 0.6) is 0 Å². The van der Waals surface area contributed by atoms with Crippen LogP contribution in [0.1, 0.15) is 6.92 Å². The van der Waals surface area contributed by atoms with Gasteiger partial charge in [0, 0.05) is 6.92 Å². The van der Waals surface area contributed by atoms with E-state index < -0.39 is 5.97 Å². The maximum absolute atomic E-state index is 9.60. The monoisotopic (exact) mass is 125 g/mol. The molecule has 0 bridgehead atoms. The number of carbonyl (C=O) groups is 1. The molecule has 0 aromatic carbocycles. The van der Waals surface area contributed by atoms with Crippen LogP contribution in [0.4, 0.5) is 0 Å². The number of rotatable bonds is 0. The summed E-state index contributed by atoms with van der Waals surface area (Å²) < 4.78 is 3.71. The van der Waals surface area contributed by atoms with Crippen LogP contribution in [0.2, 0.25) is 0 Å². The molecular weight excluding hydrogens is 121 g/mol. The molecule has 0 aliphatic carbocycles. The number of ether oxygens (including phenoxy) is 1. The first kappa shape index (κ1) is 10.6. The molecule has 0 N–H and O–H groups in total. The van der Waals surface area contributed by atoms with Crippen LogP contribution in [0.15, 0.2) is 0 Å². The van der Waals surface area contributed by atoms with Gasteiger partial charge >= 0.3 is 57.4 Å². The van der Waals surface area contributed by atoms with E-state index in [4.69, 9.17) is 5.26 Å². The molecule has 0 aliphatic rings. The minimum atomic E-state index is -0.572. The Hall–Kier alpha value is 0.596. The van der Waals surface area contributed by atoms with Gasteiger partial charge in [-0.3, -0.25) is 4.79 Å². The van der Waals surface area contributed by atoms with Crippen LogP contribution in [-0.4, -0.2) is 57.4 Å². The van der Waals surface area contributed by atoms with E-state index in [1.54, 1.807) is 0 Å². The molecule has 0 aromatic rings. The Kier molecular flexibility index (Phi) is 9.95. The van der Waals surface area contributed by atoms with Crippen LogP contribution in [0, 0.1) is 11.5 Å². The second-order valence-electron chi connectivity index (χ2n) is 0.685. The van der Waals surface area contributed by atoms with E-state index in [9.17, 15) is 4.79 Å². The van der Waals surface area contributed by atoms with Gasteiger partial charge in [0.05, 0.1) is 0 Å². The van der Waals surface area contributed by atoms with Crippen molar-refractivity contribution in [3.05, 3.63) is 0 Å². The van der Waals surface area contributed by atoms with Crippen molar-refractivity contribution in [2.24, 2.45) is 0 Å². The molecule has 0 amide bonds. The summed E-state index contributed by atoms with van der Waals surface area (Å²) in [6, 6.07) is 0. The normalized spacial score (nSPS) is 5.14. The molecule has 0 aliphatic heterocycles. The topological polar surface area (TPSA) is 50.1 Å². The summed E-state index contributed by atoms with van der Waals surface area (Å²) >= 11 is 0. The predicted octanol–water partition coefficient (Wildman–Crippen LogP) is -0.618. The summed E-state index contributed by atoms with van der Waals surface area (Å²) in [5.41, 5.74) is 0. The Morgan fingerprint density at radius 3 is 2.29 bits per heavy atom. The van der Waals surface area contributed by atoms with E-state index in [1.165, 1.54) is 13.2 Å². The van der Waals surface area contributed by atoms with Crippen molar-refractivity contribution < 1.29 is 9.53 Å². The van der Waals surface area contributed by atoms with Crippen LogP contribution < -0.4 is 0 Å². The van der Waals surface area contributed by atoms with Crippen molar-refractivity contribution in [1.82, 2.24) is 0 Å². The zero-order chi connectivity index (χ0) is 4.99. The molecule has 0 radical (unpaired) electrons. The quantitative estimate of drug-likeness (QED) is 0.246. The fraction of sp³-hybridized carbons (Fsp3) is 0.333. The molecule has 0 aromatic heterocycles. The van der Waals surface area contributed by atoms with E-state index in [2.05, 4.69) is 4.74 Å². The zero-order valence-electron chi connectivity index (χ0n) is 3.26. The Balaban J connectivity index is 0. The van der Waals surface area contributed by atoms with Gasteiger partial charge in [-0.05, 0) is 0 Å². The molecule has 34 valence electrons. The Bertz CT molecular complexity index is 95.6. The number of nitriles is 1. The van der Waals surface area contributed by atoms with Gasteiger partial charge in [0.2, 0.25) is 0 Å². The first-order valence-electron chi connectivity index (χ1n) is 1.34. The average Bonchev–Trinajstić information content (AvgIpc) is 1.35. The molecule has 3 nitrogen and oxygen atoms in total. The summed E-state index contributed by atoms with van der Waals surface area (Å²) in [5.74, 6) is -0.572. The van der Waals surface area contributed by atoms with Crippen LogP contribution in [0.25, 0.3) is 0 Å². The second-order valence-corrected chi connectivity index (χ2v) is 0.685. The molecule has 7 heavy (non-hydrogen) atoms. The standard InChI is InChI=1S/C3H3NO2.K.H/c1-3(5)6-2-4;;/h1H3;;. The van der Waals surface area contributed by atoms with Gasteiger partial charge in [0.25, 0.3) is 6.26 Å². The first-order valence-corrected chi connectivity index (χ1v) is 1.34. The van der Waals surface area contributed by atoms with Gasteiger partial charge < -0.3 is 4.74 Å². The number of esters is 1. The van der Waals surface area contributed by atoms with E-state index in [0.29, 0.717) is 0 Å². The molecular formula is C3H4KNO2. The second kappa shape index (κ2) is 6.60. The van der Waals surface area contributed by atoms with E-state index in [1.807, 2.05) is 0 Å². The molecule has 0 rings (SSSR count). The van der Waals surface area contributed by atoms with E-state index in [-0.39, 0.29) is 51.4 Å². The van der Waals surface area contributed by atoms with Crippen LogP contribution in [-0.2, 0) is 9.53 Å². The van der Waals surface area contributed by atoms with Crippen molar-refractivity contribution in [2.45, 2.75) is 6.92 Å². The fourth-order valence-electron chi connectivity index (χ4n) is 0.0643. The summed E-state index contributed by atoms with van der Waals surface area (Å²) in [4.78, 5) is 9.60. The fourth-order valence-corrected chi connectivity index (χ4v) is 0.0643. The van der Waals surface area contributed by atoms with Crippen molar-refractivity contribution in [1.29, 1.82) is 5.26 Å². The Morgan fingerprint density at radius 1 is 1.86 bits per heavy atom. The van der Waals surface area contributed by atoms with Gasteiger partial charge in [0.1, 0.15) is 0 Å². The maximum atomic E-state index is 9.60. The third-order valence-electron chi connectivity index (χ3n) is 0.189. The van der Waals surface area contributed by atoms with Crippen LogP contribution >= 0.6 is 0 Å². The van der Waals surface area contributed by atoms with Crippen molar-refractivity contribution in [3.8, 4) is 6.26 Å². The van der Waals surface area contributed by atoms with Gasteiger partial charge in [0.15, 0.2) is 0 Å². The molecule has 0 saturated carbocycles. The SMILES string of the molecule is CC(=O)OC#N.[KH]. The third kappa shape index (κ3) is 10.8. The van der Waals surface area contributed by atoms with Gasteiger partial charge in [-0.1, -0.05) is 0 Å². The van der Waals surface area contributed by atoms with Crippen molar-refractivity contribution in [3.63, 3.8) is 0 Å². The van der Waals surface area contributed by atoms with Crippen LogP contribution in [0.3, 0.4) is 0 Å². The number of hydrogen-bond donors (Lipinski definition) is 0. The summed E-state index contributed by atoms with van der Waals surface area (Å²) in [7, 11) is 0. The minimum absolute atomic E-state index is 0. The van der Waals surface area contributed by atoms with Gasteiger partial charge in [-0.25, -0.2) is 0 Å². The summed E-state index contributed by atoms with van der Waals surface area (Å²) in [5, 5.41) is 7.54. The Labute approximate surface area is 84.1 Å². The zero-order valence-corrected chi connectivity index (χ0v) is 3.26. The average molecular weight is 125 g/mol. The predicted molar refractivity (Wildman–Crippen MR) is 24.5 cm³/mol. The van der Waals surface area contributed by atoms with Crippen molar-refractivity contribution >= 4 is 57.4 Å². The first-order chi connectivity index (χ1) is 2.77. The Morgan fingerprint density at radius 2 is 2.29 bits per heavy atom. The molecule has 0 atom stereocenters. The third-order valence-corrected chi connectivity index (χ3v) is 0.189. The molecule has 0 saturated heterocycles. The molecule has 0 fully saturated rings. The van der Waals surface area contributed by atoms with Gasteiger partial charge in [-0.2, -0.15) is 0 Å². The molecule has 0 unspecified atom stereocenters. The van der Waals surface area contributed by atoms with Gasteiger partial charge in [-0.15, -0.1) is 5.26 Å². The van der Waals surface area contributed by atoms with Crippen molar-refractivity contribution in [2.75, 3.05) is 0 Å². The van der Waals surface area contributed by atoms with E-state index in [0.717, 1.165) is 0 Å². The summed E-state index contributed by atoms with van der Waals surface area (Å²) in [6.07, 6.45) is 1.22. The number of carbonyl (C=O) groups excluding carboxylic acids is 1.